The highest BCUT2D eigenvalue weighted by atomic mass is 16.5. The van der Waals surface area contributed by atoms with Gasteiger partial charge in [0.2, 0.25) is 0 Å². The molecular formula is C24H18O4. The molecule has 4 rings (SSSR count). The molecule has 4 heteroatoms. The van der Waals surface area contributed by atoms with Crippen LogP contribution in [0.3, 0.4) is 0 Å². The Hall–Kier alpha value is -3.79. The van der Waals surface area contributed by atoms with Crippen molar-refractivity contribution in [1.82, 2.24) is 0 Å². The molecule has 138 valence electrons. The van der Waals surface area contributed by atoms with Crippen LogP contribution in [0, 0.1) is 0 Å². The van der Waals surface area contributed by atoms with E-state index in [1.54, 1.807) is 31.4 Å². The summed E-state index contributed by atoms with van der Waals surface area (Å²) in [5, 5.41) is 9.95. The molecule has 0 spiro atoms. The third-order valence-corrected chi connectivity index (χ3v) is 4.54. The SMILES string of the molecule is COc1ccc2oc(-c3ccc(/C=C/c4ccc(C(=O)O)cc4)cc3)cc2c1. The maximum absolute atomic E-state index is 10.9. The summed E-state index contributed by atoms with van der Waals surface area (Å²) in [5.74, 6) is 0.690. The molecule has 1 N–H and O–H groups in total. The van der Waals surface area contributed by atoms with Gasteiger partial charge in [0, 0.05) is 10.9 Å². The molecule has 0 fully saturated rings. The summed E-state index contributed by atoms with van der Waals surface area (Å²) in [6.07, 6.45) is 3.94. The van der Waals surface area contributed by atoms with Crippen molar-refractivity contribution >= 4 is 29.1 Å². The number of furan rings is 1. The third-order valence-electron chi connectivity index (χ3n) is 4.54. The Balaban J connectivity index is 1.52. The molecule has 1 aromatic heterocycles. The number of carbonyl (C=O) groups is 1. The van der Waals surface area contributed by atoms with Crippen LogP contribution in [0.2, 0.25) is 0 Å². The van der Waals surface area contributed by atoms with Gasteiger partial charge in [-0.05, 0) is 47.5 Å². The lowest BCUT2D eigenvalue weighted by atomic mass is 10.1. The lowest BCUT2D eigenvalue weighted by molar-refractivity contribution is 0.0697. The molecule has 3 aromatic carbocycles. The summed E-state index contributed by atoms with van der Waals surface area (Å²) in [4.78, 5) is 10.9. The molecule has 0 aliphatic rings. The van der Waals surface area contributed by atoms with E-state index in [0.29, 0.717) is 0 Å². The van der Waals surface area contributed by atoms with E-state index in [1.165, 1.54) is 0 Å². The van der Waals surface area contributed by atoms with Gasteiger partial charge in [0.1, 0.15) is 17.1 Å². The minimum Gasteiger partial charge on any atom is -0.497 e. The third kappa shape index (κ3) is 3.67. The van der Waals surface area contributed by atoms with Gasteiger partial charge in [-0.1, -0.05) is 48.6 Å². The fourth-order valence-corrected chi connectivity index (χ4v) is 2.98. The second-order valence-corrected chi connectivity index (χ2v) is 6.40. The molecule has 0 aliphatic heterocycles. The highest BCUT2D eigenvalue weighted by Crippen LogP contribution is 2.30. The minimum absolute atomic E-state index is 0.282. The Morgan fingerprint density at radius 1 is 0.893 bits per heavy atom. The summed E-state index contributed by atoms with van der Waals surface area (Å²) in [6, 6.07) is 22.6. The van der Waals surface area contributed by atoms with Crippen LogP contribution >= 0.6 is 0 Å². The van der Waals surface area contributed by atoms with Crippen LogP contribution in [-0.4, -0.2) is 18.2 Å². The van der Waals surface area contributed by atoms with Gasteiger partial charge in [0.05, 0.1) is 12.7 Å². The zero-order chi connectivity index (χ0) is 19.5. The number of hydrogen-bond acceptors (Lipinski definition) is 3. The number of methoxy groups -OCH3 is 1. The number of benzene rings is 3. The van der Waals surface area contributed by atoms with E-state index in [0.717, 1.165) is 39.2 Å². The molecule has 28 heavy (non-hydrogen) atoms. The van der Waals surface area contributed by atoms with Gasteiger partial charge in [0.15, 0.2) is 0 Å². The van der Waals surface area contributed by atoms with Gasteiger partial charge < -0.3 is 14.3 Å². The highest BCUT2D eigenvalue weighted by molar-refractivity contribution is 5.88. The number of aromatic carboxylic acids is 1. The quantitative estimate of drug-likeness (QED) is 0.439. The molecule has 4 nitrogen and oxygen atoms in total. The second kappa shape index (κ2) is 7.45. The molecule has 0 saturated carbocycles. The molecule has 0 unspecified atom stereocenters. The normalized spacial score (nSPS) is 11.2. The first-order chi connectivity index (χ1) is 13.6. The number of rotatable bonds is 5. The molecule has 0 atom stereocenters. The van der Waals surface area contributed by atoms with E-state index < -0.39 is 5.97 Å². The summed E-state index contributed by atoms with van der Waals surface area (Å²) in [5.41, 5.74) is 4.09. The average molecular weight is 370 g/mol. The van der Waals surface area contributed by atoms with Crippen molar-refractivity contribution in [2.24, 2.45) is 0 Å². The van der Waals surface area contributed by atoms with E-state index in [2.05, 4.69) is 0 Å². The molecule has 0 amide bonds. The Labute approximate surface area is 162 Å². The van der Waals surface area contributed by atoms with Crippen LogP contribution < -0.4 is 4.74 Å². The molecule has 0 radical (unpaired) electrons. The predicted molar refractivity (Wildman–Crippen MR) is 111 cm³/mol. The Morgan fingerprint density at radius 2 is 1.54 bits per heavy atom. The number of fused-ring (bicyclic) bond motifs is 1. The maximum Gasteiger partial charge on any atom is 0.335 e. The van der Waals surface area contributed by atoms with E-state index >= 15 is 0 Å². The summed E-state index contributed by atoms with van der Waals surface area (Å²) >= 11 is 0. The van der Waals surface area contributed by atoms with Crippen molar-refractivity contribution in [1.29, 1.82) is 0 Å². The zero-order valence-corrected chi connectivity index (χ0v) is 15.3. The summed E-state index contributed by atoms with van der Waals surface area (Å²) in [6.45, 7) is 0. The van der Waals surface area contributed by atoms with Crippen molar-refractivity contribution in [3.8, 4) is 17.1 Å². The fraction of sp³-hybridized carbons (Fsp3) is 0.0417. The lowest BCUT2D eigenvalue weighted by Crippen LogP contribution is -1.94. The number of carboxylic acid groups (broad SMARTS) is 1. The average Bonchev–Trinajstić information content (AvgIpc) is 3.16. The summed E-state index contributed by atoms with van der Waals surface area (Å²) < 4.78 is 11.2. The lowest BCUT2D eigenvalue weighted by Gasteiger charge is -1.99. The van der Waals surface area contributed by atoms with Crippen molar-refractivity contribution in [2.45, 2.75) is 0 Å². The fourth-order valence-electron chi connectivity index (χ4n) is 2.98. The van der Waals surface area contributed by atoms with Gasteiger partial charge in [-0.15, -0.1) is 0 Å². The van der Waals surface area contributed by atoms with Crippen LogP contribution in [0.4, 0.5) is 0 Å². The smallest absolute Gasteiger partial charge is 0.335 e. The van der Waals surface area contributed by atoms with Gasteiger partial charge in [-0.2, -0.15) is 0 Å². The van der Waals surface area contributed by atoms with Gasteiger partial charge >= 0.3 is 5.97 Å². The molecule has 0 aliphatic carbocycles. The molecule has 4 aromatic rings. The first-order valence-electron chi connectivity index (χ1n) is 8.82. The van der Waals surface area contributed by atoms with E-state index in [1.807, 2.05) is 60.7 Å². The number of ether oxygens (including phenoxy) is 1. The summed E-state index contributed by atoms with van der Waals surface area (Å²) in [7, 11) is 1.65. The van der Waals surface area contributed by atoms with E-state index in [9.17, 15) is 4.79 Å². The van der Waals surface area contributed by atoms with Crippen LogP contribution in [0.25, 0.3) is 34.4 Å². The Kier molecular flexibility index (Phi) is 4.68. The van der Waals surface area contributed by atoms with Crippen molar-refractivity contribution in [2.75, 3.05) is 7.11 Å². The first kappa shape index (κ1) is 17.6. The maximum atomic E-state index is 10.9. The van der Waals surface area contributed by atoms with Crippen LogP contribution in [0.1, 0.15) is 21.5 Å². The minimum atomic E-state index is -0.921. The number of carboxylic acids is 1. The van der Waals surface area contributed by atoms with Gasteiger partial charge in [-0.25, -0.2) is 4.79 Å². The second-order valence-electron chi connectivity index (χ2n) is 6.40. The molecule has 0 bridgehead atoms. The van der Waals surface area contributed by atoms with Crippen LogP contribution in [0.5, 0.6) is 5.75 Å². The van der Waals surface area contributed by atoms with Crippen molar-refractivity contribution in [3.05, 3.63) is 89.5 Å². The standard InChI is InChI=1S/C24H18O4/c1-27-21-12-13-22-20(14-21)15-23(28-22)18-8-4-16(5-9-18)2-3-17-6-10-19(11-7-17)24(25)26/h2-15H,1H3,(H,25,26)/b3-2+. The molecule has 0 saturated heterocycles. The van der Waals surface area contributed by atoms with Gasteiger partial charge in [-0.3, -0.25) is 0 Å². The first-order valence-corrected chi connectivity index (χ1v) is 8.82. The van der Waals surface area contributed by atoms with E-state index in [4.69, 9.17) is 14.3 Å². The van der Waals surface area contributed by atoms with Crippen molar-refractivity contribution < 1.29 is 19.1 Å². The van der Waals surface area contributed by atoms with Crippen LogP contribution in [0.15, 0.2) is 77.2 Å². The number of hydrogen-bond donors (Lipinski definition) is 1. The molecular weight excluding hydrogens is 352 g/mol. The Morgan fingerprint density at radius 3 is 2.14 bits per heavy atom. The molecule has 1 heterocycles. The Bertz CT molecular complexity index is 1150. The predicted octanol–water partition coefficient (Wildman–Crippen LogP) is 5.98. The van der Waals surface area contributed by atoms with Gasteiger partial charge in [0.25, 0.3) is 0 Å². The van der Waals surface area contributed by atoms with Crippen molar-refractivity contribution in [3.63, 3.8) is 0 Å². The van der Waals surface area contributed by atoms with E-state index in [-0.39, 0.29) is 5.56 Å². The van der Waals surface area contributed by atoms with Crippen LogP contribution in [-0.2, 0) is 0 Å². The monoisotopic (exact) mass is 370 g/mol. The zero-order valence-electron chi connectivity index (χ0n) is 15.3. The highest BCUT2D eigenvalue weighted by Gasteiger charge is 2.07. The largest absolute Gasteiger partial charge is 0.497 e. The topological polar surface area (TPSA) is 59.7 Å².